The molecule has 0 bridgehead atoms. The molecule has 1 rings (SSSR count). The molecule has 0 saturated carbocycles. The number of thioether (sulfide) groups is 1. The van der Waals surface area contributed by atoms with Gasteiger partial charge in [0.2, 0.25) is 0 Å². The highest BCUT2D eigenvalue weighted by atomic mass is 32.2. The van der Waals surface area contributed by atoms with Crippen LogP contribution in [-0.2, 0) is 0 Å². The van der Waals surface area contributed by atoms with Crippen LogP contribution in [0.2, 0.25) is 0 Å². The van der Waals surface area contributed by atoms with Gasteiger partial charge in [0.15, 0.2) is 0 Å². The first-order chi connectivity index (χ1) is 3.65. The Labute approximate surface area is 56.0 Å². The van der Waals surface area contributed by atoms with Crippen LogP contribution in [0.15, 0.2) is 0 Å². The largest absolute Gasteiger partial charge is 0.161 e. The summed E-state index contributed by atoms with van der Waals surface area (Å²) < 4.78 is 0. The monoisotopic (exact) mass is 130 g/mol. The molecular weight excluding hydrogens is 116 g/mol. The lowest BCUT2D eigenvalue weighted by atomic mass is 9.82. The van der Waals surface area contributed by atoms with Crippen molar-refractivity contribution < 1.29 is 0 Å². The second-order valence-corrected chi connectivity index (χ2v) is 4.29. The topological polar surface area (TPSA) is 0 Å². The third-order valence-electron chi connectivity index (χ3n) is 2.26. The highest BCUT2D eigenvalue weighted by molar-refractivity contribution is 8.00. The summed E-state index contributed by atoms with van der Waals surface area (Å²) in [5.41, 5.74) is 0.685. The van der Waals surface area contributed by atoms with E-state index in [1.807, 2.05) is 0 Å². The van der Waals surface area contributed by atoms with Crippen molar-refractivity contribution in [3.8, 4) is 0 Å². The molecule has 0 unspecified atom stereocenters. The van der Waals surface area contributed by atoms with E-state index in [1.165, 1.54) is 11.5 Å². The average Bonchev–Trinajstić information content (AvgIpc) is 1.60. The average molecular weight is 130 g/mol. The normalized spacial score (nSPS) is 25.5. The zero-order chi connectivity index (χ0) is 6.20. The van der Waals surface area contributed by atoms with Gasteiger partial charge in [-0.1, -0.05) is 20.8 Å². The van der Waals surface area contributed by atoms with Crippen LogP contribution in [0.1, 0.15) is 20.8 Å². The van der Waals surface area contributed by atoms with Gasteiger partial charge in [-0.25, -0.2) is 0 Å². The summed E-state index contributed by atoms with van der Waals surface area (Å²) in [6.45, 7) is 7.02. The summed E-state index contributed by atoms with van der Waals surface area (Å²) >= 11 is 2.07. The molecule has 1 fully saturated rings. The first kappa shape index (κ1) is 6.47. The van der Waals surface area contributed by atoms with Gasteiger partial charge in [-0.2, -0.15) is 11.8 Å². The van der Waals surface area contributed by atoms with Gasteiger partial charge >= 0.3 is 0 Å². The maximum Gasteiger partial charge on any atom is -0.000289 e. The molecule has 1 saturated heterocycles. The van der Waals surface area contributed by atoms with E-state index in [2.05, 4.69) is 32.5 Å². The Balaban J connectivity index is 2.41. The Morgan fingerprint density at radius 2 is 1.88 bits per heavy atom. The van der Waals surface area contributed by atoms with Crippen LogP contribution in [0.25, 0.3) is 0 Å². The van der Waals surface area contributed by atoms with E-state index in [9.17, 15) is 0 Å². The molecule has 0 spiro atoms. The Morgan fingerprint density at radius 1 is 1.38 bits per heavy atom. The van der Waals surface area contributed by atoms with Gasteiger partial charge in [0.25, 0.3) is 0 Å². The highest BCUT2D eigenvalue weighted by Gasteiger charge is 2.35. The van der Waals surface area contributed by atoms with Gasteiger partial charge in [-0.3, -0.25) is 0 Å². The van der Waals surface area contributed by atoms with Crippen LogP contribution in [0.4, 0.5) is 0 Å². The van der Waals surface area contributed by atoms with E-state index in [1.54, 1.807) is 0 Å². The summed E-state index contributed by atoms with van der Waals surface area (Å²) in [5.74, 6) is 3.64. The minimum atomic E-state index is 0.685. The van der Waals surface area contributed by atoms with Crippen molar-refractivity contribution >= 4 is 11.8 Å². The fourth-order valence-electron chi connectivity index (χ4n) is 0.757. The van der Waals surface area contributed by atoms with Crippen LogP contribution in [-0.4, -0.2) is 11.5 Å². The standard InChI is InChI=1S/C7H14S/c1-6(2)7(3)4-8-5-7/h6H,4-5H2,1-3H3. The summed E-state index contributed by atoms with van der Waals surface area (Å²) in [4.78, 5) is 0. The Morgan fingerprint density at radius 3 is 1.88 bits per heavy atom. The van der Waals surface area contributed by atoms with Crippen LogP contribution >= 0.6 is 11.8 Å². The Hall–Kier alpha value is 0.350. The van der Waals surface area contributed by atoms with Gasteiger partial charge in [0, 0.05) is 0 Å². The molecule has 0 aromatic rings. The molecule has 0 nitrogen and oxygen atoms in total. The number of hydrogen-bond donors (Lipinski definition) is 0. The van der Waals surface area contributed by atoms with E-state index in [4.69, 9.17) is 0 Å². The molecule has 0 aromatic carbocycles. The molecule has 8 heavy (non-hydrogen) atoms. The number of hydrogen-bond acceptors (Lipinski definition) is 1. The predicted octanol–water partition coefficient (Wildman–Crippen LogP) is 2.40. The third kappa shape index (κ3) is 0.883. The molecule has 48 valence electrons. The molecule has 0 radical (unpaired) electrons. The molecular formula is C7H14S. The second-order valence-electron chi connectivity index (χ2n) is 3.30. The Kier molecular flexibility index (Phi) is 1.57. The van der Waals surface area contributed by atoms with E-state index in [-0.39, 0.29) is 0 Å². The van der Waals surface area contributed by atoms with E-state index >= 15 is 0 Å². The van der Waals surface area contributed by atoms with Crippen molar-refractivity contribution in [3.05, 3.63) is 0 Å². The quantitative estimate of drug-likeness (QED) is 0.525. The minimum absolute atomic E-state index is 0.685. The van der Waals surface area contributed by atoms with Crippen LogP contribution in [0.5, 0.6) is 0 Å². The minimum Gasteiger partial charge on any atom is -0.161 e. The maximum absolute atomic E-state index is 2.38. The highest BCUT2D eigenvalue weighted by Crippen LogP contribution is 2.43. The number of rotatable bonds is 1. The summed E-state index contributed by atoms with van der Waals surface area (Å²) in [7, 11) is 0. The summed E-state index contributed by atoms with van der Waals surface area (Å²) in [5, 5.41) is 0. The summed E-state index contributed by atoms with van der Waals surface area (Å²) in [6.07, 6.45) is 0. The maximum atomic E-state index is 2.38. The molecule has 1 heterocycles. The third-order valence-corrected chi connectivity index (χ3v) is 3.98. The van der Waals surface area contributed by atoms with Crippen molar-refractivity contribution in [2.75, 3.05) is 11.5 Å². The van der Waals surface area contributed by atoms with Gasteiger partial charge in [0.1, 0.15) is 0 Å². The second kappa shape index (κ2) is 1.94. The van der Waals surface area contributed by atoms with Gasteiger partial charge in [0.05, 0.1) is 0 Å². The molecule has 1 aliphatic rings. The smallest absolute Gasteiger partial charge is 0.000289 e. The van der Waals surface area contributed by atoms with Crippen molar-refractivity contribution in [2.24, 2.45) is 11.3 Å². The van der Waals surface area contributed by atoms with Crippen molar-refractivity contribution in [2.45, 2.75) is 20.8 Å². The van der Waals surface area contributed by atoms with Crippen LogP contribution in [0.3, 0.4) is 0 Å². The fraction of sp³-hybridized carbons (Fsp3) is 1.00. The Bertz CT molecular complexity index is 82.4. The molecule has 0 amide bonds. The van der Waals surface area contributed by atoms with Crippen molar-refractivity contribution in [1.29, 1.82) is 0 Å². The van der Waals surface area contributed by atoms with Crippen LogP contribution < -0.4 is 0 Å². The molecule has 1 heteroatoms. The first-order valence-electron chi connectivity index (χ1n) is 3.23. The van der Waals surface area contributed by atoms with Gasteiger partial charge < -0.3 is 0 Å². The van der Waals surface area contributed by atoms with E-state index in [0.717, 1.165) is 5.92 Å². The lowest BCUT2D eigenvalue weighted by molar-refractivity contribution is 0.280. The molecule has 1 aliphatic heterocycles. The predicted molar refractivity (Wildman–Crippen MR) is 40.3 cm³/mol. The first-order valence-corrected chi connectivity index (χ1v) is 4.38. The molecule has 0 N–H and O–H groups in total. The summed E-state index contributed by atoms with van der Waals surface area (Å²) in [6, 6.07) is 0. The zero-order valence-corrected chi connectivity index (χ0v) is 6.72. The van der Waals surface area contributed by atoms with Crippen molar-refractivity contribution in [3.63, 3.8) is 0 Å². The van der Waals surface area contributed by atoms with E-state index in [0.29, 0.717) is 5.41 Å². The molecule has 0 aromatic heterocycles. The molecule has 0 atom stereocenters. The van der Waals surface area contributed by atoms with Gasteiger partial charge in [-0.15, -0.1) is 0 Å². The van der Waals surface area contributed by atoms with Gasteiger partial charge in [-0.05, 0) is 22.8 Å². The lowest BCUT2D eigenvalue weighted by Crippen LogP contribution is -2.37. The SMILES string of the molecule is CC(C)C1(C)CSC1. The molecule has 0 aliphatic carbocycles. The zero-order valence-electron chi connectivity index (χ0n) is 5.90. The van der Waals surface area contributed by atoms with Crippen LogP contribution in [0, 0.1) is 11.3 Å². The van der Waals surface area contributed by atoms with Crippen molar-refractivity contribution in [1.82, 2.24) is 0 Å². The fourth-order valence-corrected chi connectivity index (χ4v) is 2.27. The van der Waals surface area contributed by atoms with E-state index < -0.39 is 0 Å². The lowest BCUT2D eigenvalue weighted by Gasteiger charge is -2.41.